The second kappa shape index (κ2) is 8.24. The van der Waals surface area contributed by atoms with Gasteiger partial charge in [-0.3, -0.25) is 9.69 Å². The van der Waals surface area contributed by atoms with Gasteiger partial charge in [-0.15, -0.1) is 22.7 Å². The van der Waals surface area contributed by atoms with Gasteiger partial charge in [0.15, 0.2) is 0 Å². The van der Waals surface area contributed by atoms with Crippen molar-refractivity contribution in [3.05, 3.63) is 39.4 Å². The Kier molecular flexibility index (Phi) is 6.32. The number of ether oxygens (including phenoxy) is 1. The van der Waals surface area contributed by atoms with Crippen LogP contribution in [0.5, 0.6) is 0 Å². The topological polar surface area (TPSA) is 58.6 Å². The molecule has 0 saturated heterocycles. The molecule has 1 N–H and O–H groups in total. The first-order chi connectivity index (χ1) is 11.0. The average Bonchev–Trinajstić information content (AvgIpc) is 3.17. The number of rotatable bonds is 7. The number of carbonyl (C=O) groups is 2. The Hall–Kier alpha value is -1.70. The maximum Gasteiger partial charge on any atom is 0.341 e. The summed E-state index contributed by atoms with van der Waals surface area (Å²) in [5.41, 5.74) is 0.402. The highest BCUT2D eigenvalue weighted by atomic mass is 32.1. The van der Waals surface area contributed by atoms with E-state index < -0.39 is 5.97 Å². The number of hydrogen-bond donors (Lipinski definition) is 1. The zero-order valence-corrected chi connectivity index (χ0v) is 15.0. The van der Waals surface area contributed by atoms with Crippen LogP contribution in [0.25, 0.3) is 0 Å². The Bertz CT molecular complexity index is 652. The maximum atomic E-state index is 12.2. The fourth-order valence-electron chi connectivity index (χ4n) is 2.05. The molecule has 1 unspecified atom stereocenters. The van der Waals surface area contributed by atoms with Crippen molar-refractivity contribution in [3.8, 4) is 0 Å². The van der Waals surface area contributed by atoms with Crippen LogP contribution in [0.2, 0.25) is 0 Å². The maximum absolute atomic E-state index is 12.2. The van der Waals surface area contributed by atoms with Gasteiger partial charge in [0.2, 0.25) is 5.91 Å². The lowest BCUT2D eigenvalue weighted by atomic mass is 10.2. The van der Waals surface area contributed by atoms with Gasteiger partial charge in [-0.05, 0) is 43.8 Å². The molecule has 0 aliphatic rings. The number of thiophene rings is 2. The number of nitrogens with one attached hydrogen (secondary N) is 1. The number of amides is 1. The minimum Gasteiger partial charge on any atom is -0.462 e. The lowest BCUT2D eigenvalue weighted by molar-refractivity contribution is -0.117. The fourth-order valence-corrected chi connectivity index (χ4v) is 3.69. The molecule has 2 heterocycles. The van der Waals surface area contributed by atoms with Gasteiger partial charge in [0.25, 0.3) is 0 Å². The zero-order chi connectivity index (χ0) is 16.8. The van der Waals surface area contributed by atoms with Crippen molar-refractivity contribution in [1.29, 1.82) is 0 Å². The van der Waals surface area contributed by atoms with E-state index in [1.54, 1.807) is 29.7 Å². The van der Waals surface area contributed by atoms with Gasteiger partial charge in [-0.2, -0.15) is 0 Å². The van der Waals surface area contributed by atoms with Gasteiger partial charge >= 0.3 is 5.97 Å². The van der Waals surface area contributed by atoms with E-state index in [4.69, 9.17) is 4.74 Å². The molecule has 124 valence electrons. The summed E-state index contributed by atoms with van der Waals surface area (Å²) >= 11 is 2.99. The van der Waals surface area contributed by atoms with E-state index in [-0.39, 0.29) is 18.5 Å². The monoisotopic (exact) mass is 352 g/mol. The molecular formula is C16H20N2O3S2. The SMILES string of the molecule is CCOC(=O)c1ccsc1NC(=O)CN(C)C(C)c1cccs1. The third-order valence-corrected chi connectivity index (χ3v) is 5.30. The molecule has 0 bridgehead atoms. The molecule has 1 amide bonds. The van der Waals surface area contributed by atoms with Crippen molar-refractivity contribution >= 4 is 39.6 Å². The summed E-state index contributed by atoms with van der Waals surface area (Å²) in [5.74, 6) is -0.562. The van der Waals surface area contributed by atoms with Crippen LogP contribution < -0.4 is 5.32 Å². The molecule has 0 aliphatic carbocycles. The average molecular weight is 352 g/mol. The standard InChI is InChI=1S/C16H20N2O3S2/c1-4-21-16(20)12-7-9-23-15(12)17-14(19)10-18(3)11(2)13-6-5-8-22-13/h5-9,11H,4,10H2,1-3H3,(H,17,19). The van der Waals surface area contributed by atoms with Gasteiger partial charge in [0.05, 0.1) is 18.7 Å². The molecule has 23 heavy (non-hydrogen) atoms. The highest BCUT2D eigenvalue weighted by Gasteiger charge is 2.19. The molecule has 0 fully saturated rings. The molecule has 2 aromatic heterocycles. The second-order valence-electron chi connectivity index (χ2n) is 5.04. The first-order valence-corrected chi connectivity index (χ1v) is 9.07. The van der Waals surface area contributed by atoms with Gasteiger partial charge < -0.3 is 10.1 Å². The van der Waals surface area contributed by atoms with Crippen molar-refractivity contribution in [2.24, 2.45) is 0 Å². The fraction of sp³-hybridized carbons (Fsp3) is 0.375. The molecular weight excluding hydrogens is 332 g/mol. The van der Waals surface area contributed by atoms with Crippen LogP contribution in [0.1, 0.15) is 35.1 Å². The lowest BCUT2D eigenvalue weighted by Gasteiger charge is -2.23. The summed E-state index contributed by atoms with van der Waals surface area (Å²) in [5, 5.41) is 7.12. The van der Waals surface area contributed by atoms with E-state index >= 15 is 0 Å². The molecule has 0 saturated carbocycles. The smallest absolute Gasteiger partial charge is 0.341 e. The predicted molar refractivity (Wildman–Crippen MR) is 94.3 cm³/mol. The van der Waals surface area contributed by atoms with Crippen molar-refractivity contribution in [1.82, 2.24) is 4.90 Å². The number of likely N-dealkylation sites (N-methyl/N-ethyl adjacent to an activating group) is 1. The van der Waals surface area contributed by atoms with Crippen LogP contribution in [0, 0.1) is 0 Å². The van der Waals surface area contributed by atoms with E-state index in [1.165, 1.54) is 16.2 Å². The van der Waals surface area contributed by atoms with Crippen molar-refractivity contribution < 1.29 is 14.3 Å². The van der Waals surface area contributed by atoms with E-state index in [9.17, 15) is 9.59 Å². The van der Waals surface area contributed by atoms with Crippen LogP contribution in [0.15, 0.2) is 29.0 Å². The van der Waals surface area contributed by atoms with E-state index in [0.29, 0.717) is 17.2 Å². The van der Waals surface area contributed by atoms with E-state index in [0.717, 1.165) is 0 Å². The van der Waals surface area contributed by atoms with E-state index in [2.05, 4.69) is 18.3 Å². The minimum absolute atomic E-state index is 0.149. The van der Waals surface area contributed by atoms with Gasteiger partial charge in [-0.25, -0.2) is 4.79 Å². The molecule has 0 aliphatic heterocycles. The number of carbonyl (C=O) groups excluding carboxylic acids is 2. The van der Waals surface area contributed by atoms with Crippen LogP contribution in [0.3, 0.4) is 0 Å². The number of nitrogens with zero attached hydrogens (tertiary/aromatic N) is 1. The summed E-state index contributed by atoms with van der Waals surface area (Å²) in [4.78, 5) is 27.2. The lowest BCUT2D eigenvalue weighted by Crippen LogP contribution is -2.32. The zero-order valence-electron chi connectivity index (χ0n) is 13.4. The number of anilines is 1. The molecule has 7 heteroatoms. The van der Waals surface area contributed by atoms with E-state index in [1.807, 2.05) is 23.4 Å². The molecule has 2 aromatic rings. The van der Waals surface area contributed by atoms with Crippen molar-refractivity contribution in [2.75, 3.05) is 25.5 Å². The predicted octanol–water partition coefficient (Wildman–Crippen LogP) is 3.62. The Balaban J connectivity index is 1.95. The normalized spacial score (nSPS) is 12.2. The minimum atomic E-state index is -0.413. The summed E-state index contributed by atoms with van der Waals surface area (Å²) in [6.45, 7) is 4.38. The summed E-state index contributed by atoms with van der Waals surface area (Å²) in [6.07, 6.45) is 0. The summed E-state index contributed by atoms with van der Waals surface area (Å²) in [7, 11) is 1.91. The Morgan fingerprint density at radius 1 is 1.30 bits per heavy atom. The van der Waals surface area contributed by atoms with Gasteiger partial charge in [0, 0.05) is 10.9 Å². The molecule has 2 rings (SSSR count). The molecule has 0 radical (unpaired) electrons. The summed E-state index contributed by atoms with van der Waals surface area (Å²) < 4.78 is 4.98. The quantitative estimate of drug-likeness (QED) is 0.773. The van der Waals surface area contributed by atoms with Gasteiger partial charge in [0.1, 0.15) is 5.00 Å². The van der Waals surface area contributed by atoms with Crippen molar-refractivity contribution in [3.63, 3.8) is 0 Å². The highest BCUT2D eigenvalue weighted by Crippen LogP contribution is 2.25. The number of esters is 1. The number of hydrogen-bond acceptors (Lipinski definition) is 6. The largest absolute Gasteiger partial charge is 0.462 e. The molecule has 5 nitrogen and oxygen atoms in total. The third-order valence-electron chi connectivity index (χ3n) is 3.42. The van der Waals surface area contributed by atoms with Crippen LogP contribution in [-0.4, -0.2) is 37.0 Å². The Morgan fingerprint density at radius 2 is 2.09 bits per heavy atom. The first kappa shape index (κ1) is 17.7. The van der Waals surface area contributed by atoms with Crippen LogP contribution in [0.4, 0.5) is 5.00 Å². The first-order valence-electron chi connectivity index (χ1n) is 7.31. The Labute approximate surface area is 143 Å². The van der Waals surface area contributed by atoms with Crippen molar-refractivity contribution in [2.45, 2.75) is 19.9 Å². The highest BCUT2D eigenvalue weighted by molar-refractivity contribution is 7.14. The summed E-state index contributed by atoms with van der Waals surface area (Å²) in [6, 6.07) is 5.88. The Morgan fingerprint density at radius 3 is 2.74 bits per heavy atom. The molecule has 1 atom stereocenters. The molecule has 0 spiro atoms. The third kappa shape index (κ3) is 4.63. The van der Waals surface area contributed by atoms with Crippen LogP contribution >= 0.6 is 22.7 Å². The second-order valence-corrected chi connectivity index (χ2v) is 6.93. The van der Waals surface area contributed by atoms with Crippen LogP contribution in [-0.2, 0) is 9.53 Å². The molecule has 0 aromatic carbocycles. The van der Waals surface area contributed by atoms with Gasteiger partial charge in [-0.1, -0.05) is 6.07 Å².